The zero-order chi connectivity index (χ0) is 96.2. The van der Waals surface area contributed by atoms with Crippen molar-refractivity contribution in [3.63, 3.8) is 0 Å². The number of hydrogen-bond acceptors (Lipinski definition) is 4. The predicted molar refractivity (Wildman–Crippen MR) is 610 cm³/mol. The summed E-state index contributed by atoms with van der Waals surface area (Å²) in [5.74, 6) is 1.57. The molecule has 20 aromatic carbocycles. The van der Waals surface area contributed by atoms with Crippen LogP contribution in [0.1, 0.15) is 16.7 Å². The number of hydrogen-bond donors (Lipinski definition) is 0. The molecule has 9 heterocycles. The summed E-state index contributed by atoms with van der Waals surface area (Å²) in [4.78, 5) is 16.0. The Hall–Kier alpha value is -16.0. The summed E-state index contributed by atoms with van der Waals surface area (Å²) in [6.45, 7) is 0. The van der Waals surface area contributed by atoms with Crippen molar-refractivity contribution in [3.8, 4) is 67.6 Å². The van der Waals surface area contributed by atoms with E-state index in [1.54, 1.807) is 0 Å². The van der Waals surface area contributed by atoms with Gasteiger partial charge in [0, 0.05) is 116 Å². The van der Waals surface area contributed by atoms with E-state index in [0.29, 0.717) is 5.76 Å². The fourth-order valence-corrected chi connectivity index (χ4v) is 31.3. The molecule has 0 saturated carbocycles. The molecule has 0 amide bonds. The van der Waals surface area contributed by atoms with Gasteiger partial charge in [-0.15, -0.1) is 165 Å². The first-order valence-corrected chi connectivity index (χ1v) is 53.9. The minimum atomic E-state index is -1.51. The minimum Gasteiger partial charge on any atom is -0.519 e. The van der Waals surface area contributed by atoms with E-state index < -0.39 is 25.8 Å². The molecule has 5 radical (unpaired) electrons. The van der Waals surface area contributed by atoms with E-state index in [0.717, 1.165) is 133 Å². The number of benzene rings is 20. The Kier molecular flexibility index (Phi) is 25.2. The van der Waals surface area contributed by atoms with Gasteiger partial charge in [0.15, 0.2) is 0 Å². The van der Waals surface area contributed by atoms with Gasteiger partial charge in [-0.25, -0.2) is 4.98 Å². The first-order chi connectivity index (χ1) is 72.5. The Morgan fingerprint density at radius 1 is 0.302 bits per heavy atom. The SMILES string of the molecule is [Ag].[Ag].[Ag].[c-]1c(-c2cccc3ccc[c-]c23)cccc1-n1c2ccccc2c2cc3ccc4c5ccccc5n([Si](c5ccccc5)c5ccccc5)c4c3nc21.[c-]1ccccc1-c1ccc2cccc(-c3[c-]c4c5c(ccc4o3)-c3ccccc3C5[Si](c3ccccc3)c3ccccc3)c2n1.[c-]1ccccc1-c1cccc(-n2c3ccccc3n3c4ccc5c6ccccc6n([PH+](c6ccccc6)c6ccccc6)c5c4[c-]c23)n1. The molecule has 9 nitrogen and oxygen atoms in total. The summed E-state index contributed by atoms with van der Waals surface area (Å²) in [5, 5.41) is 22.0. The average Bonchev–Trinajstić information content (AvgIpc) is 1.54. The maximum Gasteiger partial charge on any atom is 0.247 e. The van der Waals surface area contributed by atoms with Crippen LogP contribution in [0.15, 0.2) is 502 Å². The molecule has 1 aliphatic rings. The van der Waals surface area contributed by atoms with Gasteiger partial charge in [0.1, 0.15) is 38.9 Å². The predicted octanol–water partition coefficient (Wildman–Crippen LogP) is 28.8. The van der Waals surface area contributed by atoms with E-state index >= 15 is 0 Å². The second-order valence-corrected chi connectivity index (χ2v) is 44.3. The summed E-state index contributed by atoms with van der Waals surface area (Å²) >= 11 is 0. The number of nitrogens with zero attached hydrogens (tertiary/aromatic N) is 8. The van der Waals surface area contributed by atoms with Crippen LogP contribution in [-0.4, -0.2) is 54.8 Å². The van der Waals surface area contributed by atoms with Gasteiger partial charge in [-0.05, 0) is 138 Å². The third-order valence-corrected chi connectivity index (χ3v) is 37.3. The second-order valence-electron chi connectivity index (χ2n) is 37.1. The van der Waals surface area contributed by atoms with Crippen LogP contribution in [-0.2, 0) is 67.1 Å². The van der Waals surface area contributed by atoms with Crippen LogP contribution in [0.3, 0.4) is 0 Å². The van der Waals surface area contributed by atoms with Crippen molar-refractivity contribution in [1.82, 2.24) is 37.1 Å². The second kappa shape index (κ2) is 40.0. The van der Waals surface area contributed by atoms with E-state index in [1.807, 2.05) is 54.6 Å². The molecule has 0 spiro atoms. The number of aromatic nitrogens is 8. The normalized spacial score (nSPS) is 12.2. The topological polar surface area (TPSA) is 75.9 Å². The van der Waals surface area contributed by atoms with Crippen molar-refractivity contribution in [3.05, 3.63) is 545 Å². The Bertz CT molecular complexity index is 10000. The zero-order valence-corrected chi connectivity index (χ0v) is 87.3. The van der Waals surface area contributed by atoms with Crippen molar-refractivity contribution in [2.45, 2.75) is 5.54 Å². The molecule has 1 aliphatic carbocycles. The molecule has 0 bridgehead atoms. The Balaban J connectivity index is 0.000000115. The maximum atomic E-state index is 6.68. The number of fused-ring (bicyclic) bond motifs is 24. The molecule has 0 fully saturated rings. The molecule has 149 heavy (non-hydrogen) atoms. The van der Waals surface area contributed by atoms with Crippen LogP contribution in [0.4, 0.5) is 0 Å². The quantitative estimate of drug-likeness (QED) is 0.0582. The zero-order valence-electron chi connectivity index (χ0n) is 79.8. The van der Waals surface area contributed by atoms with E-state index in [-0.39, 0.29) is 72.7 Å². The van der Waals surface area contributed by atoms with Crippen molar-refractivity contribution < 1.29 is 71.6 Å². The Morgan fingerprint density at radius 2 is 0.832 bits per heavy atom. The van der Waals surface area contributed by atoms with Crippen LogP contribution < -0.4 is 31.4 Å². The van der Waals surface area contributed by atoms with Crippen molar-refractivity contribution in [2.75, 3.05) is 0 Å². The number of imidazole rings is 1. The average molecular weight is 2230 g/mol. The molecule has 0 saturated heterocycles. The fraction of sp³-hybridized carbons (Fsp3) is 0.00746. The van der Waals surface area contributed by atoms with Crippen molar-refractivity contribution in [1.29, 1.82) is 0 Å². The van der Waals surface area contributed by atoms with Gasteiger partial charge in [0.25, 0.3) is 0 Å². The van der Waals surface area contributed by atoms with E-state index in [4.69, 9.17) is 19.4 Å². The van der Waals surface area contributed by atoms with Crippen molar-refractivity contribution in [2.24, 2.45) is 0 Å². The third kappa shape index (κ3) is 16.3. The summed E-state index contributed by atoms with van der Waals surface area (Å²) in [6.07, 6.45) is 0. The Labute approximate surface area is 912 Å². The number of rotatable bonds is 15. The Morgan fingerprint density at radius 3 is 1.52 bits per heavy atom. The number of furan rings is 1. The standard InChI is InChI=1S/C49H30N3Si.C43H27N4P.C42H26NOSi.3Ag/c1-3-19-37(20-4-1)53(38-21-5-2-6-22-38)52-46-28-12-10-24-41(46)43-30-29-35-32-44-42-25-9-11-27-45(42)51(49(44)50-47(35)48(43)52)36-18-13-17-34(31-36)40-26-14-16-33-15-7-8-23-39(33)40;1-4-15-30(16-5-1)36-22-14-26-41(44-36)46-40-25-13-12-24-39(40)45-37-28-27-34-33-21-10-11-23-38(33)47(43(34)35(37)29-42(45)46)48(31-17-6-2-7-18-31)32-19-8-3-9-20-32;1-4-13-28(14-5-1)37-25-23-29-15-12-22-35(41(29)43-37)39-27-36-38(44-39)26-24-33-32-20-10-11-21-34(32)42(40(33)36)45(30-16-6-2-7-17-30)31-18-8-3-9-19-31;;;/h1-22,24-30,32H;1-15,17-28H;1-13,15-26,42H;;;/q3*-2;;;/p+1. The summed E-state index contributed by atoms with van der Waals surface area (Å²) in [7, 11) is -4.27. The molecule has 15 heteroatoms. The number of para-hydroxylation sites is 6. The molecule has 0 aliphatic heterocycles. The summed E-state index contributed by atoms with van der Waals surface area (Å²) < 4.78 is 18.8. The van der Waals surface area contributed by atoms with Crippen LogP contribution in [0.25, 0.3) is 204 Å². The van der Waals surface area contributed by atoms with E-state index in [2.05, 4.69) is 501 Å². The fourth-order valence-electron chi connectivity index (χ4n) is 22.5. The van der Waals surface area contributed by atoms with Gasteiger partial charge >= 0.3 is 0 Å². The molecule has 1 unspecified atom stereocenters. The van der Waals surface area contributed by atoms with Gasteiger partial charge in [0.05, 0.1) is 38.7 Å². The van der Waals surface area contributed by atoms with Crippen LogP contribution >= 0.6 is 8.07 Å². The van der Waals surface area contributed by atoms with Crippen LogP contribution in [0.2, 0.25) is 0 Å². The maximum absolute atomic E-state index is 6.68. The first kappa shape index (κ1) is 94.0. The summed E-state index contributed by atoms with van der Waals surface area (Å²) in [5.41, 5.74) is 27.2. The van der Waals surface area contributed by atoms with Gasteiger partial charge in [-0.1, -0.05) is 373 Å². The summed E-state index contributed by atoms with van der Waals surface area (Å²) in [6, 6.07) is 199. The molecule has 30 rings (SSSR count). The monoisotopic (exact) mass is 2230 g/mol. The van der Waals surface area contributed by atoms with Crippen LogP contribution in [0, 0.1) is 36.4 Å². The van der Waals surface area contributed by atoms with Gasteiger partial charge < -0.3 is 22.6 Å². The molecule has 717 valence electrons. The molecular formula is C134H84Ag3N8OPSi2-5. The van der Waals surface area contributed by atoms with Crippen molar-refractivity contribution >= 4 is 194 Å². The molecule has 0 N–H and O–H groups in total. The van der Waals surface area contributed by atoms with Crippen LogP contribution in [0.5, 0.6) is 0 Å². The van der Waals surface area contributed by atoms with E-state index in [9.17, 15) is 0 Å². The molecule has 29 aromatic rings. The molecule has 9 aromatic heterocycles. The first-order valence-electron chi connectivity index (χ1n) is 49.4. The minimum absolute atomic E-state index is 0. The van der Waals surface area contributed by atoms with Gasteiger partial charge in [0.2, 0.25) is 8.96 Å². The molecule has 1 atom stereocenters. The van der Waals surface area contributed by atoms with Gasteiger partial charge in [-0.3, -0.25) is 13.9 Å². The van der Waals surface area contributed by atoms with E-state index in [1.165, 1.54) is 108 Å². The number of pyridine rings is 3. The largest absolute Gasteiger partial charge is 0.519 e. The van der Waals surface area contributed by atoms with Gasteiger partial charge in [-0.2, -0.15) is 0 Å². The molecular weight excluding hydrogens is 2150 g/mol. The third-order valence-electron chi connectivity index (χ3n) is 28.8. The smallest absolute Gasteiger partial charge is 0.247 e.